The number of rotatable bonds is 3. The first kappa shape index (κ1) is 14.9. The van der Waals surface area contributed by atoms with E-state index >= 15 is 0 Å². The van der Waals surface area contributed by atoms with Crippen LogP contribution in [0.15, 0.2) is 0 Å². The number of hydrogen-bond acceptors (Lipinski definition) is 2. The summed E-state index contributed by atoms with van der Waals surface area (Å²) < 4.78 is 0. The van der Waals surface area contributed by atoms with E-state index in [1.807, 2.05) is 4.90 Å². The van der Waals surface area contributed by atoms with Gasteiger partial charge in [0.15, 0.2) is 0 Å². The normalized spacial score (nSPS) is 34.0. The standard InChI is InChI=1S/C17H28N2O2/c1-11(16-10-13-3-4-15(16)9-13)18-17(21)14-5-7-19(8-6-14)12(2)20/h11,13-16H,3-10H2,1-2H3,(H,18,21)/t11-,13-,15-,16-/m0/s1. The van der Waals surface area contributed by atoms with Crippen LogP contribution in [0.25, 0.3) is 0 Å². The molecule has 0 radical (unpaired) electrons. The number of piperidine rings is 1. The third-order valence-electron chi connectivity index (χ3n) is 6.12. The second kappa shape index (κ2) is 5.98. The van der Waals surface area contributed by atoms with Crippen molar-refractivity contribution in [3.63, 3.8) is 0 Å². The maximum Gasteiger partial charge on any atom is 0.223 e. The van der Waals surface area contributed by atoms with Crippen LogP contribution in [0.3, 0.4) is 0 Å². The number of nitrogens with zero attached hydrogens (tertiary/aromatic N) is 1. The van der Waals surface area contributed by atoms with Crippen LogP contribution in [0.4, 0.5) is 0 Å². The maximum absolute atomic E-state index is 12.4. The predicted octanol–water partition coefficient (Wildman–Crippen LogP) is 2.19. The van der Waals surface area contributed by atoms with Gasteiger partial charge < -0.3 is 10.2 Å². The Morgan fingerprint density at radius 2 is 1.81 bits per heavy atom. The van der Waals surface area contributed by atoms with Crippen molar-refractivity contribution in [1.29, 1.82) is 0 Å². The van der Waals surface area contributed by atoms with E-state index in [0.29, 0.717) is 12.0 Å². The molecule has 1 aliphatic heterocycles. The van der Waals surface area contributed by atoms with Crippen molar-refractivity contribution >= 4 is 11.8 Å². The molecule has 0 aromatic carbocycles. The van der Waals surface area contributed by atoms with Crippen LogP contribution in [0.2, 0.25) is 0 Å². The first-order valence-electron chi connectivity index (χ1n) is 8.60. The van der Waals surface area contributed by atoms with Crippen molar-refractivity contribution in [2.75, 3.05) is 13.1 Å². The molecule has 3 fully saturated rings. The molecule has 0 spiro atoms. The number of hydrogen-bond donors (Lipinski definition) is 1. The number of nitrogens with one attached hydrogen (secondary N) is 1. The van der Waals surface area contributed by atoms with Crippen LogP contribution < -0.4 is 5.32 Å². The number of fused-ring (bicyclic) bond motifs is 2. The fraction of sp³-hybridized carbons (Fsp3) is 0.882. The molecule has 118 valence electrons. The molecule has 4 heteroatoms. The van der Waals surface area contributed by atoms with Crippen molar-refractivity contribution in [2.24, 2.45) is 23.7 Å². The highest BCUT2D eigenvalue weighted by molar-refractivity contribution is 5.79. The second-order valence-corrected chi connectivity index (χ2v) is 7.42. The van der Waals surface area contributed by atoms with Crippen LogP contribution in [-0.4, -0.2) is 35.8 Å². The van der Waals surface area contributed by atoms with Gasteiger partial charge in [0.2, 0.25) is 11.8 Å². The molecule has 4 atom stereocenters. The Kier molecular flexibility index (Phi) is 4.23. The summed E-state index contributed by atoms with van der Waals surface area (Å²) in [5.74, 6) is 2.92. The Bertz CT molecular complexity index is 415. The minimum Gasteiger partial charge on any atom is -0.353 e. The third kappa shape index (κ3) is 3.09. The van der Waals surface area contributed by atoms with Crippen molar-refractivity contribution in [3.05, 3.63) is 0 Å². The average Bonchev–Trinajstić information content (AvgIpc) is 3.10. The minimum absolute atomic E-state index is 0.0987. The molecule has 3 aliphatic rings. The maximum atomic E-state index is 12.4. The van der Waals surface area contributed by atoms with Gasteiger partial charge in [-0.1, -0.05) is 6.42 Å². The first-order valence-corrected chi connectivity index (χ1v) is 8.60. The summed E-state index contributed by atoms with van der Waals surface area (Å²) in [6.45, 7) is 5.26. The van der Waals surface area contributed by atoms with Crippen LogP contribution >= 0.6 is 0 Å². The Hall–Kier alpha value is -1.06. The SMILES string of the molecule is CC(=O)N1CCC(C(=O)N[C@@H](C)[C@@H]2C[C@H]3CC[C@H]2C3)CC1. The van der Waals surface area contributed by atoms with Crippen LogP contribution in [0.5, 0.6) is 0 Å². The Morgan fingerprint density at radius 3 is 2.33 bits per heavy atom. The Labute approximate surface area is 127 Å². The lowest BCUT2D eigenvalue weighted by Gasteiger charge is -2.33. The quantitative estimate of drug-likeness (QED) is 0.867. The van der Waals surface area contributed by atoms with E-state index in [1.54, 1.807) is 6.92 Å². The zero-order chi connectivity index (χ0) is 15.0. The average molecular weight is 292 g/mol. The van der Waals surface area contributed by atoms with Gasteiger partial charge in [-0.15, -0.1) is 0 Å². The largest absolute Gasteiger partial charge is 0.353 e. The minimum atomic E-state index is 0.0987. The lowest BCUT2D eigenvalue weighted by molar-refractivity contribution is -0.134. The Morgan fingerprint density at radius 1 is 1.10 bits per heavy atom. The number of carbonyl (C=O) groups excluding carboxylic acids is 2. The van der Waals surface area contributed by atoms with Gasteiger partial charge in [-0.3, -0.25) is 9.59 Å². The van der Waals surface area contributed by atoms with E-state index in [-0.39, 0.29) is 17.7 Å². The molecule has 1 heterocycles. The molecule has 1 saturated heterocycles. The van der Waals surface area contributed by atoms with Crippen molar-refractivity contribution in [1.82, 2.24) is 10.2 Å². The lowest BCUT2D eigenvalue weighted by atomic mass is 9.83. The summed E-state index contributed by atoms with van der Waals surface area (Å²) in [6.07, 6.45) is 7.11. The van der Waals surface area contributed by atoms with Crippen LogP contribution in [-0.2, 0) is 9.59 Å². The number of amides is 2. The van der Waals surface area contributed by atoms with Gasteiger partial charge in [0.1, 0.15) is 0 Å². The summed E-state index contributed by atoms with van der Waals surface area (Å²) in [6, 6.07) is 0.318. The van der Waals surface area contributed by atoms with E-state index in [2.05, 4.69) is 12.2 Å². The highest BCUT2D eigenvalue weighted by atomic mass is 16.2. The summed E-state index contributed by atoms with van der Waals surface area (Å²) >= 11 is 0. The van der Waals surface area contributed by atoms with E-state index in [1.165, 1.54) is 25.7 Å². The molecule has 2 amide bonds. The number of likely N-dealkylation sites (tertiary alicyclic amines) is 1. The van der Waals surface area contributed by atoms with E-state index in [4.69, 9.17) is 0 Å². The molecule has 21 heavy (non-hydrogen) atoms. The molecule has 0 unspecified atom stereocenters. The molecular weight excluding hydrogens is 264 g/mol. The van der Waals surface area contributed by atoms with Gasteiger partial charge >= 0.3 is 0 Å². The van der Waals surface area contributed by atoms with Gasteiger partial charge in [0.25, 0.3) is 0 Å². The molecule has 2 saturated carbocycles. The van der Waals surface area contributed by atoms with Gasteiger partial charge in [-0.25, -0.2) is 0 Å². The fourth-order valence-electron chi connectivity index (χ4n) is 4.81. The topological polar surface area (TPSA) is 49.4 Å². The van der Waals surface area contributed by atoms with Gasteiger partial charge in [0, 0.05) is 32.0 Å². The molecule has 3 rings (SSSR count). The molecular formula is C17H28N2O2. The van der Waals surface area contributed by atoms with E-state index < -0.39 is 0 Å². The van der Waals surface area contributed by atoms with Crippen molar-refractivity contribution < 1.29 is 9.59 Å². The molecule has 1 N–H and O–H groups in total. The zero-order valence-electron chi connectivity index (χ0n) is 13.3. The van der Waals surface area contributed by atoms with Gasteiger partial charge in [-0.05, 0) is 56.8 Å². The zero-order valence-corrected chi connectivity index (χ0v) is 13.3. The summed E-state index contributed by atoms with van der Waals surface area (Å²) in [5.41, 5.74) is 0. The second-order valence-electron chi connectivity index (χ2n) is 7.42. The molecule has 4 nitrogen and oxygen atoms in total. The Balaban J connectivity index is 1.47. The molecule has 2 aliphatic carbocycles. The smallest absolute Gasteiger partial charge is 0.223 e. The monoisotopic (exact) mass is 292 g/mol. The number of carbonyl (C=O) groups is 2. The molecule has 2 bridgehead atoms. The van der Waals surface area contributed by atoms with Gasteiger partial charge in [-0.2, -0.15) is 0 Å². The lowest BCUT2D eigenvalue weighted by Crippen LogP contribution is -2.46. The third-order valence-corrected chi connectivity index (χ3v) is 6.12. The van der Waals surface area contributed by atoms with Crippen molar-refractivity contribution in [3.8, 4) is 0 Å². The summed E-state index contributed by atoms with van der Waals surface area (Å²) in [7, 11) is 0. The van der Waals surface area contributed by atoms with Gasteiger partial charge in [0.05, 0.1) is 0 Å². The first-order chi connectivity index (χ1) is 10.0. The highest BCUT2D eigenvalue weighted by Crippen LogP contribution is 2.49. The fourth-order valence-corrected chi connectivity index (χ4v) is 4.81. The summed E-state index contributed by atoms with van der Waals surface area (Å²) in [5, 5.41) is 3.28. The van der Waals surface area contributed by atoms with Crippen molar-refractivity contribution in [2.45, 2.75) is 58.4 Å². The molecule has 0 aromatic heterocycles. The predicted molar refractivity (Wildman–Crippen MR) is 81.5 cm³/mol. The van der Waals surface area contributed by atoms with Crippen LogP contribution in [0, 0.1) is 23.7 Å². The van der Waals surface area contributed by atoms with E-state index in [0.717, 1.165) is 37.8 Å². The van der Waals surface area contributed by atoms with Crippen LogP contribution in [0.1, 0.15) is 52.4 Å². The van der Waals surface area contributed by atoms with E-state index in [9.17, 15) is 9.59 Å². The summed E-state index contributed by atoms with van der Waals surface area (Å²) in [4.78, 5) is 25.6. The molecule has 0 aromatic rings. The highest BCUT2D eigenvalue weighted by Gasteiger charge is 2.42.